The summed E-state index contributed by atoms with van der Waals surface area (Å²) >= 11 is 1.17. The Kier molecular flexibility index (Phi) is 4.11. The zero-order chi connectivity index (χ0) is 13.8. The Bertz CT molecular complexity index is 597. The molecule has 19 heavy (non-hydrogen) atoms. The number of carbonyl (C=O) groups is 1. The van der Waals surface area contributed by atoms with Gasteiger partial charge in [0.1, 0.15) is 10.7 Å². The first kappa shape index (κ1) is 13.5. The van der Waals surface area contributed by atoms with Crippen LogP contribution in [0.25, 0.3) is 0 Å². The predicted octanol–water partition coefficient (Wildman–Crippen LogP) is 2.15. The fraction of sp³-hybridized carbons (Fsp3) is 0.231. The topological polar surface area (TPSA) is 68.0 Å². The van der Waals surface area contributed by atoms with Gasteiger partial charge in [-0.2, -0.15) is 0 Å². The largest absolute Gasteiger partial charge is 0.375 e. The van der Waals surface area contributed by atoms with E-state index in [0.717, 1.165) is 5.56 Å². The number of rotatable bonds is 4. The van der Waals surface area contributed by atoms with E-state index in [4.69, 9.17) is 5.73 Å². The second-order valence-corrected chi connectivity index (χ2v) is 5.13. The van der Waals surface area contributed by atoms with Crippen LogP contribution < -0.4 is 11.1 Å². The number of thiazole rings is 1. The summed E-state index contributed by atoms with van der Waals surface area (Å²) in [6, 6.07) is 6.33. The van der Waals surface area contributed by atoms with Crippen molar-refractivity contribution in [3.8, 4) is 0 Å². The molecule has 1 aromatic heterocycles. The van der Waals surface area contributed by atoms with E-state index < -0.39 is 0 Å². The van der Waals surface area contributed by atoms with Gasteiger partial charge in [0, 0.05) is 6.54 Å². The zero-order valence-electron chi connectivity index (χ0n) is 10.4. The first-order valence-electron chi connectivity index (χ1n) is 5.82. The molecule has 1 amide bonds. The quantitative estimate of drug-likeness (QED) is 0.901. The molecule has 1 heterocycles. The number of hydrogen-bond donors (Lipinski definition) is 2. The van der Waals surface area contributed by atoms with Crippen LogP contribution in [0, 0.1) is 12.7 Å². The fourth-order valence-corrected chi connectivity index (χ4v) is 2.47. The number of hydrogen-bond acceptors (Lipinski definition) is 4. The van der Waals surface area contributed by atoms with E-state index in [0.29, 0.717) is 28.7 Å². The minimum absolute atomic E-state index is 0.192. The molecule has 4 nitrogen and oxygen atoms in total. The SMILES string of the molecule is Cc1nc(N)sc1C(=O)NCCc1cccc(F)c1. The van der Waals surface area contributed by atoms with Crippen molar-refractivity contribution in [1.82, 2.24) is 10.3 Å². The number of aromatic nitrogens is 1. The lowest BCUT2D eigenvalue weighted by atomic mass is 10.1. The van der Waals surface area contributed by atoms with Gasteiger partial charge in [-0.15, -0.1) is 0 Å². The third-order valence-electron chi connectivity index (χ3n) is 2.61. The van der Waals surface area contributed by atoms with Gasteiger partial charge >= 0.3 is 0 Å². The highest BCUT2D eigenvalue weighted by Gasteiger charge is 2.13. The Hall–Kier alpha value is -1.95. The van der Waals surface area contributed by atoms with Gasteiger partial charge in [0.25, 0.3) is 5.91 Å². The van der Waals surface area contributed by atoms with E-state index in [1.165, 1.54) is 23.5 Å². The molecule has 0 aliphatic rings. The summed E-state index contributed by atoms with van der Waals surface area (Å²) in [5.41, 5.74) is 7.02. The van der Waals surface area contributed by atoms with Gasteiger partial charge in [-0.1, -0.05) is 23.5 Å². The van der Waals surface area contributed by atoms with E-state index in [-0.39, 0.29) is 11.7 Å². The summed E-state index contributed by atoms with van der Waals surface area (Å²) < 4.78 is 13.0. The number of halogens is 1. The molecule has 2 rings (SSSR count). The molecule has 0 atom stereocenters. The fourth-order valence-electron chi connectivity index (χ4n) is 1.72. The summed E-state index contributed by atoms with van der Waals surface area (Å²) in [5, 5.41) is 3.16. The third-order valence-corrected chi connectivity index (χ3v) is 3.59. The maximum atomic E-state index is 13.0. The van der Waals surface area contributed by atoms with Crippen molar-refractivity contribution in [2.45, 2.75) is 13.3 Å². The minimum Gasteiger partial charge on any atom is -0.375 e. The molecule has 3 N–H and O–H groups in total. The van der Waals surface area contributed by atoms with Crippen molar-refractivity contribution in [2.24, 2.45) is 0 Å². The van der Waals surface area contributed by atoms with Crippen LogP contribution in [-0.4, -0.2) is 17.4 Å². The number of nitrogens with zero attached hydrogens (tertiary/aromatic N) is 1. The first-order chi connectivity index (χ1) is 9.06. The number of nitrogen functional groups attached to an aromatic ring is 1. The Morgan fingerprint density at radius 2 is 2.32 bits per heavy atom. The number of amides is 1. The molecule has 0 radical (unpaired) electrons. The van der Waals surface area contributed by atoms with Crippen LogP contribution in [0.4, 0.5) is 9.52 Å². The normalized spacial score (nSPS) is 10.4. The summed E-state index contributed by atoms with van der Waals surface area (Å²) in [4.78, 5) is 16.4. The van der Waals surface area contributed by atoms with E-state index in [1.54, 1.807) is 13.0 Å². The Morgan fingerprint density at radius 1 is 1.53 bits per heavy atom. The second-order valence-electron chi connectivity index (χ2n) is 4.10. The number of nitrogens with one attached hydrogen (secondary N) is 1. The van der Waals surface area contributed by atoms with Crippen molar-refractivity contribution in [1.29, 1.82) is 0 Å². The van der Waals surface area contributed by atoms with Crippen LogP contribution in [0.5, 0.6) is 0 Å². The van der Waals surface area contributed by atoms with E-state index in [1.807, 2.05) is 6.07 Å². The lowest BCUT2D eigenvalue weighted by Crippen LogP contribution is -2.25. The molecule has 100 valence electrons. The molecule has 1 aromatic carbocycles. The highest BCUT2D eigenvalue weighted by molar-refractivity contribution is 7.17. The van der Waals surface area contributed by atoms with Gasteiger partial charge in [-0.3, -0.25) is 4.79 Å². The van der Waals surface area contributed by atoms with Gasteiger partial charge in [-0.25, -0.2) is 9.37 Å². The summed E-state index contributed by atoms with van der Waals surface area (Å²) in [7, 11) is 0. The van der Waals surface area contributed by atoms with E-state index >= 15 is 0 Å². The number of aryl methyl sites for hydroxylation is 1. The summed E-state index contributed by atoms with van der Waals surface area (Å²) in [5.74, 6) is -0.460. The van der Waals surface area contributed by atoms with Crippen molar-refractivity contribution < 1.29 is 9.18 Å². The van der Waals surface area contributed by atoms with Crippen molar-refractivity contribution >= 4 is 22.4 Å². The molecule has 2 aromatic rings. The van der Waals surface area contributed by atoms with Gasteiger partial charge in [-0.05, 0) is 31.0 Å². The van der Waals surface area contributed by atoms with Crippen molar-refractivity contribution in [3.05, 3.63) is 46.2 Å². The molecular formula is C13H14FN3OS. The van der Waals surface area contributed by atoms with Crippen LogP contribution >= 0.6 is 11.3 Å². The molecule has 6 heteroatoms. The molecule has 0 fully saturated rings. The highest BCUT2D eigenvalue weighted by atomic mass is 32.1. The average molecular weight is 279 g/mol. The number of anilines is 1. The zero-order valence-corrected chi connectivity index (χ0v) is 11.3. The molecule has 0 aliphatic heterocycles. The monoisotopic (exact) mass is 279 g/mol. The first-order valence-corrected chi connectivity index (χ1v) is 6.63. The Labute approximate surface area is 114 Å². The third kappa shape index (κ3) is 3.51. The van der Waals surface area contributed by atoms with E-state index in [2.05, 4.69) is 10.3 Å². The molecule has 0 bridgehead atoms. The van der Waals surface area contributed by atoms with Crippen LogP contribution in [0.15, 0.2) is 24.3 Å². The summed E-state index contributed by atoms with van der Waals surface area (Å²) in [6.45, 7) is 2.19. The van der Waals surface area contributed by atoms with Crippen molar-refractivity contribution in [3.63, 3.8) is 0 Å². The lowest BCUT2D eigenvalue weighted by Gasteiger charge is -2.04. The highest BCUT2D eigenvalue weighted by Crippen LogP contribution is 2.19. The molecule has 0 saturated heterocycles. The molecule has 0 aliphatic carbocycles. The smallest absolute Gasteiger partial charge is 0.263 e. The van der Waals surface area contributed by atoms with Crippen LogP contribution in [0.1, 0.15) is 20.9 Å². The number of carbonyl (C=O) groups excluding carboxylic acids is 1. The Morgan fingerprint density at radius 3 is 2.95 bits per heavy atom. The number of benzene rings is 1. The van der Waals surface area contributed by atoms with Crippen LogP contribution in [0.2, 0.25) is 0 Å². The minimum atomic E-state index is -0.269. The summed E-state index contributed by atoms with van der Waals surface area (Å²) in [6.07, 6.45) is 0.580. The molecule has 0 unspecified atom stereocenters. The molecular weight excluding hydrogens is 265 g/mol. The lowest BCUT2D eigenvalue weighted by molar-refractivity contribution is 0.0957. The van der Waals surface area contributed by atoms with Gasteiger partial charge in [0.15, 0.2) is 5.13 Å². The van der Waals surface area contributed by atoms with Gasteiger partial charge in [0.2, 0.25) is 0 Å². The van der Waals surface area contributed by atoms with Crippen molar-refractivity contribution in [2.75, 3.05) is 12.3 Å². The average Bonchev–Trinajstić information content (AvgIpc) is 2.68. The second kappa shape index (κ2) is 5.79. The van der Waals surface area contributed by atoms with Crippen LogP contribution in [0.3, 0.4) is 0 Å². The van der Waals surface area contributed by atoms with Crippen LogP contribution in [-0.2, 0) is 6.42 Å². The van der Waals surface area contributed by atoms with Gasteiger partial charge in [0.05, 0.1) is 5.69 Å². The number of nitrogens with two attached hydrogens (primary N) is 1. The maximum Gasteiger partial charge on any atom is 0.263 e. The molecule has 0 spiro atoms. The molecule has 0 saturated carbocycles. The Balaban J connectivity index is 1.89. The standard InChI is InChI=1S/C13H14FN3OS/c1-8-11(19-13(15)17-8)12(18)16-6-5-9-3-2-4-10(14)7-9/h2-4,7H,5-6H2,1H3,(H2,15,17)(H,16,18). The van der Waals surface area contributed by atoms with Gasteiger partial charge < -0.3 is 11.1 Å². The maximum absolute atomic E-state index is 13.0. The van der Waals surface area contributed by atoms with E-state index in [9.17, 15) is 9.18 Å². The predicted molar refractivity (Wildman–Crippen MR) is 73.7 cm³/mol.